The van der Waals surface area contributed by atoms with Crippen LogP contribution in [0.2, 0.25) is 0 Å². The van der Waals surface area contributed by atoms with E-state index in [2.05, 4.69) is 10.3 Å². The monoisotopic (exact) mass is 348 g/mol. The van der Waals surface area contributed by atoms with Crippen molar-refractivity contribution in [3.05, 3.63) is 15.6 Å². The topological polar surface area (TPSA) is 42.0 Å². The second-order valence-electron chi connectivity index (χ2n) is 6.11. The van der Waals surface area contributed by atoms with Crippen molar-refractivity contribution in [2.75, 3.05) is 6.54 Å². The van der Waals surface area contributed by atoms with Crippen LogP contribution in [-0.4, -0.2) is 23.6 Å². The van der Waals surface area contributed by atoms with E-state index in [1.807, 2.05) is 13.8 Å². The van der Waals surface area contributed by atoms with Crippen molar-refractivity contribution in [2.45, 2.75) is 58.5 Å². The quantitative estimate of drug-likeness (QED) is 0.872. The Morgan fingerprint density at radius 3 is 2.74 bits per heavy atom. The number of alkyl halides is 3. The largest absolute Gasteiger partial charge is 0.391 e. The fraction of sp³-hybridized carbons (Fsp3) is 0.750. The van der Waals surface area contributed by atoms with Crippen molar-refractivity contribution in [1.29, 1.82) is 0 Å². The van der Waals surface area contributed by atoms with Gasteiger partial charge in [0.05, 0.1) is 16.6 Å². The minimum atomic E-state index is -4.19. The first-order chi connectivity index (χ1) is 10.8. The highest BCUT2D eigenvalue weighted by molar-refractivity contribution is 7.11. The lowest BCUT2D eigenvalue weighted by molar-refractivity contribution is -0.186. The lowest BCUT2D eigenvalue weighted by Crippen LogP contribution is -2.38. The third kappa shape index (κ3) is 4.93. The van der Waals surface area contributed by atoms with Crippen LogP contribution in [0.4, 0.5) is 13.2 Å². The summed E-state index contributed by atoms with van der Waals surface area (Å²) in [6, 6.07) is 0. The number of nitrogens with one attached hydrogen (secondary N) is 1. The number of rotatable bonds is 5. The van der Waals surface area contributed by atoms with E-state index in [1.165, 1.54) is 4.88 Å². The normalized spacial score (nSPS) is 22.1. The van der Waals surface area contributed by atoms with Gasteiger partial charge in [0.2, 0.25) is 5.91 Å². The first-order valence-corrected chi connectivity index (χ1v) is 8.92. The van der Waals surface area contributed by atoms with E-state index in [-0.39, 0.29) is 18.7 Å². The van der Waals surface area contributed by atoms with Crippen molar-refractivity contribution in [3.8, 4) is 0 Å². The molecule has 1 N–H and O–H groups in total. The first-order valence-electron chi connectivity index (χ1n) is 8.10. The van der Waals surface area contributed by atoms with Crippen LogP contribution in [0.15, 0.2) is 0 Å². The lowest BCUT2D eigenvalue weighted by atomic mass is 9.80. The van der Waals surface area contributed by atoms with Gasteiger partial charge >= 0.3 is 6.18 Å². The first kappa shape index (κ1) is 18.2. The van der Waals surface area contributed by atoms with Crippen LogP contribution in [0.3, 0.4) is 0 Å². The number of aryl methyl sites for hydroxylation is 2. The predicted octanol–water partition coefficient (Wildman–Crippen LogP) is 4.04. The summed E-state index contributed by atoms with van der Waals surface area (Å²) in [6.45, 7) is 4.51. The molecule has 1 saturated carbocycles. The number of aromatic nitrogens is 1. The fourth-order valence-electron chi connectivity index (χ4n) is 3.08. The van der Waals surface area contributed by atoms with E-state index >= 15 is 0 Å². The summed E-state index contributed by atoms with van der Waals surface area (Å²) in [5, 5.41) is 3.75. The van der Waals surface area contributed by atoms with Crippen LogP contribution in [0.1, 0.15) is 48.2 Å². The molecule has 23 heavy (non-hydrogen) atoms. The van der Waals surface area contributed by atoms with Gasteiger partial charge in [-0.1, -0.05) is 13.3 Å². The van der Waals surface area contributed by atoms with Crippen molar-refractivity contribution in [2.24, 2.45) is 11.8 Å². The SMILES string of the molecule is CCc1nc(CCNC(=O)C2CCCC(C(F)(F)F)C2)sc1C. The molecule has 130 valence electrons. The average molecular weight is 348 g/mol. The van der Waals surface area contributed by atoms with Gasteiger partial charge in [0, 0.05) is 23.8 Å². The molecule has 0 saturated heterocycles. The molecule has 2 rings (SSSR count). The maximum Gasteiger partial charge on any atom is 0.391 e. The summed E-state index contributed by atoms with van der Waals surface area (Å²) in [6.07, 6.45) is -1.59. The molecule has 1 fully saturated rings. The number of thiazole rings is 1. The number of carbonyl (C=O) groups is 1. The molecule has 1 heterocycles. The highest BCUT2D eigenvalue weighted by Crippen LogP contribution is 2.39. The molecule has 0 aromatic carbocycles. The van der Waals surface area contributed by atoms with Crippen LogP contribution >= 0.6 is 11.3 Å². The molecule has 0 aliphatic heterocycles. The Balaban J connectivity index is 1.80. The molecule has 1 aliphatic carbocycles. The Bertz CT molecular complexity index is 542. The van der Waals surface area contributed by atoms with Crippen molar-refractivity contribution in [1.82, 2.24) is 10.3 Å². The Kier molecular flexibility index (Phi) is 6.06. The molecule has 3 nitrogen and oxygen atoms in total. The lowest BCUT2D eigenvalue weighted by Gasteiger charge is -2.29. The summed E-state index contributed by atoms with van der Waals surface area (Å²) in [5.74, 6) is -2.09. The predicted molar refractivity (Wildman–Crippen MR) is 84.4 cm³/mol. The number of nitrogens with zero attached hydrogens (tertiary/aromatic N) is 1. The van der Waals surface area contributed by atoms with Crippen LogP contribution in [0.5, 0.6) is 0 Å². The van der Waals surface area contributed by atoms with Gasteiger partial charge in [-0.15, -0.1) is 11.3 Å². The zero-order chi connectivity index (χ0) is 17.0. The van der Waals surface area contributed by atoms with E-state index in [0.717, 1.165) is 17.1 Å². The number of carbonyl (C=O) groups excluding carboxylic acids is 1. The minimum Gasteiger partial charge on any atom is -0.355 e. The van der Waals surface area contributed by atoms with Crippen LogP contribution in [0.25, 0.3) is 0 Å². The molecule has 0 bridgehead atoms. The van der Waals surface area contributed by atoms with Crippen LogP contribution < -0.4 is 5.32 Å². The van der Waals surface area contributed by atoms with Gasteiger partial charge in [0.25, 0.3) is 0 Å². The highest BCUT2D eigenvalue weighted by atomic mass is 32.1. The van der Waals surface area contributed by atoms with E-state index in [0.29, 0.717) is 25.8 Å². The third-order valence-electron chi connectivity index (χ3n) is 4.42. The zero-order valence-corrected chi connectivity index (χ0v) is 14.3. The molecule has 0 radical (unpaired) electrons. The fourth-order valence-corrected chi connectivity index (χ4v) is 4.11. The maximum atomic E-state index is 12.8. The average Bonchev–Trinajstić information content (AvgIpc) is 2.86. The molecule has 2 unspecified atom stereocenters. The third-order valence-corrected chi connectivity index (χ3v) is 5.49. The maximum absolute atomic E-state index is 12.8. The number of hydrogen-bond acceptors (Lipinski definition) is 3. The second kappa shape index (κ2) is 7.64. The van der Waals surface area contributed by atoms with Crippen molar-refractivity contribution in [3.63, 3.8) is 0 Å². The Morgan fingerprint density at radius 2 is 2.13 bits per heavy atom. The molecule has 2 atom stereocenters. The summed E-state index contributed by atoms with van der Waals surface area (Å²) in [5.41, 5.74) is 1.08. The summed E-state index contributed by atoms with van der Waals surface area (Å²) in [4.78, 5) is 17.8. The van der Waals surface area contributed by atoms with Gasteiger partial charge in [-0.2, -0.15) is 13.2 Å². The molecule has 1 aliphatic rings. The van der Waals surface area contributed by atoms with Gasteiger partial charge in [-0.25, -0.2) is 4.98 Å². The number of halogens is 3. The molecule has 7 heteroatoms. The van der Waals surface area contributed by atoms with Crippen molar-refractivity contribution >= 4 is 17.2 Å². The van der Waals surface area contributed by atoms with E-state index in [9.17, 15) is 18.0 Å². The Labute approximate surface area is 138 Å². The molecular weight excluding hydrogens is 325 g/mol. The van der Waals surface area contributed by atoms with E-state index in [1.54, 1.807) is 11.3 Å². The van der Waals surface area contributed by atoms with Crippen LogP contribution in [0, 0.1) is 18.8 Å². The minimum absolute atomic E-state index is 0.0777. The van der Waals surface area contributed by atoms with Gasteiger partial charge in [0.15, 0.2) is 0 Å². The van der Waals surface area contributed by atoms with Gasteiger partial charge < -0.3 is 5.32 Å². The summed E-state index contributed by atoms with van der Waals surface area (Å²) in [7, 11) is 0. The number of hydrogen-bond donors (Lipinski definition) is 1. The summed E-state index contributed by atoms with van der Waals surface area (Å²) < 4.78 is 38.4. The smallest absolute Gasteiger partial charge is 0.355 e. The number of amides is 1. The Hall–Kier alpha value is -1.11. The standard InChI is InChI=1S/C16H23F3N2OS/c1-3-13-10(2)23-14(21-13)7-8-20-15(22)11-5-4-6-12(9-11)16(17,18)19/h11-12H,3-9H2,1-2H3,(H,20,22). The van der Waals surface area contributed by atoms with E-state index < -0.39 is 18.0 Å². The molecular formula is C16H23F3N2OS. The second-order valence-corrected chi connectivity index (χ2v) is 7.39. The van der Waals surface area contributed by atoms with Gasteiger partial charge in [-0.05, 0) is 32.6 Å². The summed E-state index contributed by atoms with van der Waals surface area (Å²) >= 11 is 1.62. The van der Waals surface area contributed by atoms with Crippen molar-refractivity contribution < 1.29 is 18.0 Å². The molecule has 1 aromatic rings. The Morgan fingerprint density at radius 1 is 1.39 bits per heavy atom. The molecule has 0 spiro atoms. The molecule has 1 amide bonds. The molecule has 1 aromatic heterocycles. The highest BCUT2D eigenvalue weighted by Gasteiger charge is 2.43. The van der Waals surface area contributed by atoms with Gasteiger partial charge in [0.1, 0.15) is 0 Å². The zero-order valence-electron chi connectivity index (χ0n) is 13.5. The van der Waals surface area contributed by atoms with Gasteiger partial charge in [-0.3, -0.25) is 4.79 Å². The van der Waals surface area contributed by atoms with Crippen LogP contribution in [-0.2, 0) is 17.6 Å². The van der Waals surface area contributed by atoms with E-state index in [4.69, 9.17) is 0 Å².